The Bertz CT molecular complexity index is 242. The summed E-state index contributed by atoms with van der Waals surface area (Å²) in [5, 5.41) is 8.02. The molecule has 1 N–H and O–H groups in total. The summed E-state index contributed by atoms with van der Waals surface area (Å²) in [6.45, 7) is 3.01. The van der Waals surface area contributed by atoms with Crippen molar-refractivity contribution >= 4 is 11.9 Å². The Morgan fingerprint density at radius 1 is 1.29 bits per heavy atom. The smallest absolute Gasteiger partial charge is 0.378 e. The maximum atomic E-state index is 12.4. The second-order valence-electron chi connectivity index (χ2n) is 3.84. The van der Waals surface area contributed by atoms with Crippen LogP contribution in [0, 0.1) is 5.41 Å². The van der Waals surface area contributed by atoms with Crippen LogP contribution in [0.4, 0.5) is 8.78 Å². The molecule has 0 aliphatic rings. The molecule has 0 aliphatic heterocycles. The Morgan fingerprint density at radius 2 is 1.71 bits per heavy atom. The summed E-state index contributed by atoms with van der Waals surface area (Å²) in [7, 11) is 0. The molecule has 0 bridgehead atoms. The highest BCUT2D eigenvalue weighted by molar-refractivity contribution is 5.78. The quantitative estimate of drug-likeness (QED) is 0.713. The summed E-state index contributed by atoms with van der Waals surface area (Å²) in [5.41, 5.74) is -0.922. The van der Waals surface area contributed by atoms with E-state index in [4.69, 9.17) is 5.11 Å². The number of ether oxygens (including phenoxy) is 1. The van der Waals surface area contributed by atoms with Crippen LogP contribution in [0.15, 0.2) is 0 Å². The van der Waals surface area contributed by atoms with Crippen LogP contribution in [0.25, 0.3) is 0 Å². The van der Waals surface area contributed by atoms with E-state index in [1.807, 2.05) is 0 Å². The maximum absolute atomic E-state index is 12.4. The van der Waals surface area contributed by atoms with E-state index in [1.54, 1.807) is 0 Å². The minimum absolute atomic E-state index is 0.863. The first kappa shape index (κ1) is 12.8. The Labute approximate surface area is 79.9 Å². The zero-order chi connectivity index (χ0) is 11.6. The van der Waals surface area contributed by atoms with Gasteiger partial charge in [0.1, 0.15) is 0 Å². The Kier molecular flexibility index (Phi) is 3.56. The molecule has 4 nitrogen and oxygen atoms in total. The fourth-order valence-electron chi connectivity index (χ4n) is 0.434. The number of hydrogen-bond donors (Lipinski definition) is 1. The lowest BCUT2D eigenvalue weighted by atomic mass is 9.97. The van der Waals surface area contributed by atoms with Crippen molar-refractivity contribution in [3.8, 4) is 0 Å². The molecule has 0 rings (SSSR count). The third-order valence-electron chi connectivity index (χ3n) is 1.31. The van der Waals surface area contributed by atoms with Crippen molar-refractivity contribution in [2.24, 2.45) is 5.41 Å². The van der Waals surface area contributed by atoms with Gasteiger partial charge < -0.3 is 9.84 Å². The lowest BCUT2D eigenvalue weighted by Gasteiger charge is -2.18. The normalized spacial score (nSPS) is 12.4. The number of halogens is 2. The largest absolute Gasteiger partial charge is 0.477 e. The number of alkyl halides is 2. The summed E-state index contributed by atoms with van der Waals surface area (Å²) in [6.07, 6.45) is 0. The predicted octanol–water partition coefficient (Wildman–Crippen LogP) is 1.30. The lowest BCUT2D eigenvalue weighted by molar-refractivity contribution is -0.180. The zero-order valence-electron chi connectivity index (χ0n) is 8.13. The molecule has 0 spiro atoms. The summed E-state index contributed by atoms with van der Waals surface area (Å²) in [5.74, 6) is -7.20. The van der Waals surface area contributed by atoms with Crippen molar-refractivity contribution in [3.63, 3.8) is 0 Å². The van der Waals surface area contributed by atoms with E-state index in [1.165, 1.54) is 20.8 Å². The summed E-state index contributed by atoms with van der Waals surface area (Å²) >= 11 is 0. The highest BCUT2D eigenvalue weighted by Crippen LogP contribution is 2.19. The topological polar surface area (TPSA) is 63.6 Å². The van der Waals surface area contributed by atoms with E-state index >= 15 is 0 Å². The second kappa shape index (κ2) is 3.89. The molecule has 0 saturated carbocycles. The third-order valence-corrected chi connectivity index (χ3v) is 1.31. The van der Waals surface area contributed by atoms with E-state index in [0.29, 0.717) is 0 Å². The minimum atomic E-state index is -4.03. The van der Waals surface area contributed by atoms with Crippen molar-refractivity contribution in [2.45, 2.75) is 26.7 Å². The van der Waals surface area contributed by atoms with Crippen molar-refractivity contribution in [2.75, 3.05) is 6.61 Å². The van der Waals surface area contributed by atoms with Crippen molar-refractivity contribution in [1.29, 1.82) is 0 Å². The molecule has 0 aliphatic carbocycles. The van der Waals surface area contributed by atoms with Crippen LogP contribution in [-0.4, -0.2) is 29.6 Å². The molecule has 82 valence electrons. The summed E-state index contributed by atoms with van der Waals surface area (Å²) < 4.78 is 29.0. The van der Waals surface area contributed by atoms with Crippen molar-refractivity contribution in [1.82, 2.24) is 0 Å². The number of rotatable bonds is 3. The Morgan fingerprint density at radius 3 is 2.00 bits per heavy atom. The van der Waals surface area contributed by atoms with Crippen LogP contribution in [0.3, 0.4) is 0 Å². The fourth-order valence-corrected chi connectivity index (χ4v) is 0.434. The number of aliphatic carboxylic acids is 1. The van der Waals surface area contributed by atoms with Gasteiger partial charge in [-0.3, -0.25) is 4.79 Å². The number of esters is 1. The van der Waals surface area contributed by atoms with Crippen molar-refractivity contribution < 1.29 is 28.2 Å². The second-order valence-corrected chi connectivity index (χ2v) is 3.84. The first-order valence-electron chi connectivity index (χ1n) is 3.86. The molecule has 0 fully saturated rings. The molecular formula is C8H12F2O4. The van der Waals surface area contributed by atoms with Crippen LogP contribution in [0.1, 0.15) is 20.8 Å². The first-order valence-corrected chi connectivity index (χ1v) is 3.86. The summed E-state index contributed by atoms with van der Waals surface area (Å²) in [6, 6.07) is 0. The molecule has 0 atom stereocenters. The first-order chi connectivity index (χ1) is 6.07. The van der Waals surface area contributed by atoms with Gasteiger partial charge in [-0.2, -0.15) is 8.78 Å². The highest BCUT2D eigenvalue weighted by atomic mass is 19.3. The van der Waals surface area contributed by atoms with Crippen LogP contribution >= 0.6 is 0 Å². The average Bonchev–Trinajstić information content (AvgIpc) is 1.98. The van der Waals surface area contributed by atoms with Gasteiger partial charge in [-0.05, 0) is 20.8 Å². The van der Waals surface area contributed by atoms with Gasteiger partial charge in [-0.1, -0.05) is 0 Å². The monoisotopic (exact) mass is 210 g/mol. The lowest BCUT2D eigenvalue weighted by Crippen LogP contribution is -2.36. The van der Waals surface area contributed by atoms with Crippen LogP contribution in [-0.2, 0) is 14.3 Å². The van der Waals surface area contributed by atoms with Gasteiger partial charge in [-0.15, -0.1) is 0 Å². The van der Waals surface area contributed by atoms with Crippen molar-refractivity contribution in [3.05, 3.63) is 0 Å². The van der Waals surface area contributed by atoms with Gasteiger partial charge >= 0.3 is 17.9 Å². The Hall–Kier alpha value is -1.20. The average molecular weight is 210 g/mol. The molecule has 14 heavy (non-hydrogen) atoms. The number of carboxylic acid groups (broad SMARTS) is 1. The zero-order valence-corrected chi connectivity index (χ0v) is 8.13. The molecule has 0 saturated heterocycles. The third kappa shape index (κ3) is 3.68. The number of hydrogen-bond acceptors (Lipinski definition) is 3. The van der Waals surface area contributed by atoms with Gasteiger partial charge in [-0.25, -0.2) is 4.79 Å². The molecule has 0 heterocycles. The standard InChI is InChI=1S/C8H12F2O4/c1-7(2,3)6(13)14-4-8(9,10)5(11)12/h4H2,1-3H3,(H,11,12). The molecule has 6 heteroatoms. The molecule has 0 unspecified atom stereocenters. The highest BCUT2D eigenvalue weighted by Gasteiger charge is 2.41. The fraction of sp³-hybridized carbons (Fsp3) is 0.750. The van der Waals surface area contributed by atoms with E-state index in [0.717, 1.165) is 0 Å². The number of carboxylic acids is 1. The number of carbonyl (C=O) groups is 2. The van der Waals surface area contributed by atoms with Crippen LogP contribution < -0.4 is 0 Å². The molecular weight excluding hydrogens is 198 g/mol. The molecule has 0 aromatic carbocycles. The number of carbonyl (C=O) groups excluding carboxylic acids is 1. The Balaban J connectivity index is 4.21. The molecule has 0 aromatic heterocycles. The summed E-state index contributed by atoms with van der Waals surface area (Å²) in [4.78, 5) is 20.9. The predicted molar refractivity (Wildman–Crippen MR) is 43.0 cm³/mol. The van der Waals surface area contributed by atoms with E-state index < -0.39 is 29.9 Å². The van der Waals surface area contributed by atoms with Crippen LogP contribution in [0.5, 0.6) is 0 Å². The minimum Gasteiger partial charge on any atom is -0.477 e. The van der Waals surface area contributed by atoms with Gasteiger partial charge in [0, 0.05) is 0 Å². The van der Waals surface area contributed by atoms with Gasteiger partial charge in [0.2, 0.25) is 0 Å². The van der Waals surface area contributed by atoms with Crippen LogP contribution in [0.2, 0.25) is 0 Å². The maximum Gasteiger partial charge on any atom is 0.378 e. The SMILES string of the molecule is CC(C)(C)C(=O)OCC(F)(F)C(=O)O. The van der Waals surface area contributed by atoms with Gasteiger partial charge in [0.25, 0.3) is 0 Å². The molecule has 0 radical (unpaired) electrons. The molecule has 0 amide bonds. The van der Waals surface area contributed by atoms with E-state index in [-0.39, 0.29) is 0 Å². The van der Waals surface area contributed by atoms with E-state index in [2.05, 4.69) is 4.74 Å². The van der Waals surface area contributed by atoms with E-state index in [9.17, 15) is 18.4 Å². The van der Waals surface area contributed by atoms with Gasteiger partial charge in [0.05, 0.1) is 5.41 Å². The van der Waals surface area contributed by atoms with Gasteiger partial charge in [0.15, 0.2) is 6.61 Å². The molecule has 0 aromatic rings.